The summed E-state index contributed by atoms with van der Waals surface area (Å²) in [6.07, 6.45) is 0. The fourth-order valence-corrected chi connectivity index (χ4v) is 2.36. The Hall–Kier alpha value is -1.51. The molecule has 19 heavy (non-hydrogen) atoms. The van der Waals surface area contributed by atoms with Crippen molar-refractivity contribution in [2.24, 2.45) is 0 Å². The lowest BCUT2D eigenvalue weighted by molar-refractivity contribution is -0.925. The van der Waals surface area contributed by atoms with Gasteiger partial charge in [-0.15, -0.1) is 0 Å². The maximum absolute atomic E-state index is 9.87. The summed E-state index contributed by atoms with van der Waals surface area (Å²) in [5, 5.41) is 10.5. The number of aromatic hydroxyl groups is 1. The van der Waals surface area contributed by atoms with Crippen molar-refractivity contribution in [3.8, 4) is 5.75 Å². The Bertz CT molecular complexity index is 528. The fraction of sp³-hybridized carbons (Fsp3) is 0.250. The second kappa shape index (κ2) is 6.60. The van der Waals surface area contributed by atoms with Crippen LogP contribution in [0.15, 0.2) is 48.5 Å². The minimum Gasteiger partial charge on any atom is -0.507 e. The summed E-state index contributed by atoms with van der Waals surface area (Å²) < 4.78 is 0. The molecule has 0 aliphatic rings. The quantitative estimate of drug-likeness (QED) is 0.862. The molecule has 0 spiro atoms. The summed E-state index contributed by atoms with van der Waals surface area (Å²) in [6, 6.07) is 15.6. The van der Waals surface area contributed by atoms with E-state index in [0.717, 1.165) is 25.2 Å². The molecule has 0 aromatic heterocycles. The Kier molecular flexibility index (Phi) is 4.83. The van der Waals surface area contributed by atoms with Crippen LogP contribution in [0.5, 0.6) is 5.75 Å². The molecule has 0 saturated carbocycles. The third-order valence-corrected chi connectivity index (χ3v) is 3.51. The van der Waals surface area contributed by atoms with E-state index < -0.39 is 0 Å². The first-order valence-corrected chi connectivity index (χ1v) is 6.91. The van der Waals surface area contributed by atoms with E-state index in [1.54, 1.807) is 12.1 Å². The number of hydrogen-bond acceptors (Lipinski definition) is 1. The van der Waals surface area contributed by atoms with Crippen LogP contribution in [0, 0.1) is 0 Å². The standard InChI is InChI=1S/C16H18ClNO/c1-2-18(11-13-6-4-3-5-7-13)12-14-10-15(17)8-9-16(14)19/h3-10,19H,2,11-12H2,1H3/p+1. The van der Waals surface area contributed by atoms with Gasteiger partial charge in [-0.2, -0.15) is 0 Å². The Morgan fingerprint density at radius 1 is 1.05 bits per heavy atom. The minimum absolute atomic E-state index is 0.323. The average Bonchev–Trinajstić information content (AvgIpc) is 2.43. The maximum atomic E-state index is 9.87. The molecule has 0 aliphatic heterocycles. The molecular formula is C16H19ClNO+. The molecule has 100 valence electrons. The van der Waals surface area contributed by atoms with Crippen LogP contribution in [0.2, 0.25) is 5.02 Å². The zero-order chi connectivity index (χ0) is 13.7. The first-order valence-electron chi connectivity index (χ1n) is 6.54. The summed E-state index contributed by atoms with van der Waals surface area (Å²) in [4.78, 5) is 1.39. The molecule has 0 heterocycles. The van der Waals surface area contributed by atoms with E-state index in [4.69, 9.17) is 11.6 Å². The van der Waals surface area contributed by atoms with Crippen LogP contribution in [0.1, 0.15) is 18.1 Å². The maximum Gasteiger partial charge on any atom is 0.124 e. The summed E-state index contributed by atoms with van der Waals surface area (Å²) >= 11 is 5.98. The molecular weight excluding hydrogens is 258 g/mol. The van der Waals surface area contributed by atoms with Gasteiger partial charge in [0.25, 0.3) is 0 Å². The summed E-state index contributed by atoms with van der Waals surface area (Å²) in [5.41, 5.74) is 2.21. The van der Waals surface area contributed by atoms with Gasteiger partial charge in [0.15, 0.2) is 0 Å². The number of benzene rings is 2. The fourth-order valence-electron chi connectivity index (χ4n) is 2.16. The highest BCUT2D eigenvalue weighted by molar-refractivity contribution is 6.30. The van der Waals surface area contributed by atoms with Crippen LogP contribution >= 0.6 is 11.6 Å². The Morgan fingerprint density at radius 2 is 1.79 bits per heavy atom. The van der Waals surface area contributed by atoms with Gasteiger partial charge >= 0.3 is 0 Å². The molecule has 2 rings (SSSR count). The van der Waals surface area contributed by atoms with Crippen molar-refractivity contribution >= 4 is 11.6 Å². The number of phenols is 1. The van der Waals surface area contributed by atoms with Gasteiger partial charge < -0.3 is 10.0 Å². The molecule has 2 aromatic rings. The van der Waals surface area contributed by atoms with E-state index in [1.807, 2.05) is 12.1 Å². The first-order chi connectivity index (χ1) is 9.19. The smallest absolute Gasteiger partial charge is 0.124 e. The highest BCUT2D eigenvalue weighted by Gasteiger charge is 2.11. The number of hydrogen-bond donors (Lipinski definition) is 2. The van der Waals surface area contributed by atoms with Gasteiger partial charge in [0.05, 0.1) is 6.54 Å². The highest BCUT2D eigenvalue weighted by Crippen LogP contribution is 2.20. The summed E-state index contributed by atoms with van der Waals surface area (Å²) in [6.45, 7) is 4.88. The molecule has 1 unspecified atom stereocenters. The molecule has 0 aliphatic carbocycles. The molecule has 1 atom stereocenters. The molecule has 2 N–H and O–H groups in total. The zero-order valence-corrected chi connectivity index (χ0v) is 11.8. The lowest BCUT2D eigenvalue weighted by Gasteiger charge is -2.18. The van der Waals surface area contributed by atoms with Crippen LogP contribution in [-0.4, -0.2) is 11.7 Å². The van der Waals surface area contributed by atoms with Crippen molar-refractivity contribution in [3.05, 3.63) is 64.7 Å². The van der Waals surface area contributed by atoms with E-state index in [0.29, 0.717) is 10.8 Å². The van der Waals surface area contributed by atoms with E-state index >= 15 is 0 Å². The van der Waals surface area contributed by atoms with Crippen molar-refractivity contribution < 1.29 is 10.0 Å². The number of halogens is 1. The predicted octanol–water partition coefficient (Wildman–Crippen LogP) is 2.65. The summed E-state index contributed by atoms with van der Waals surface area (Å²) in [7, 11) is 0. The average molecular weight is 277 g/mol. The van der Waals surface area contributed by atoms with E-state index in [1.165, 1.54) is 10.5 Å². The molecule has 0 saturated heterocycles. The Labute approximate surface area is 119 Å². The lowest BCUT2D eigenvalue weighted by Crippen LogP contribution is -3.09. The molecule has 0 fully saturated rings. The Morgan fingerprint density at radius 3 is 2.47 bits per heavy atom. The molecule has 2 nitrogen and oxygen atoms in total. The minimum atomic E-state index is 0.323. The monoisotopic (exact) mass is 276 g/mol. The SMILES string of the molecule is CC[NH+](Cc1ccccc1)Cc1cc(Cl)ccc1O. The van der Waals surface area contributed by atoms with Crippen LogP contribution in [-0.2, 0) is 13.1 Å². The second-order valence-electron chi connectivity index (χ2n) is 4.72. The topological polar surface area (TPSA) is 24.7 Å². The number of phenolic OH excluding ortho intramolecular Hbond substituents is 1. The predicted molar refractivity (Wildman–Crippen MR) is 78.5 cm³/mol. The van der Waals surface area contributed by atoms with Crippen molar-refractivity contribution in [1.82, 2.24) is 0 Å². The lowest BCUT2D eigenvalue weighted by atomic mass is 10.1. The van der Waals surface area contributed by atoms with Crippen LogP contribution in [0.3, 0.4) is 0 Å². The molecule has 0 amide bonds. The van der Waals surface area contributed by atoms with E-state index in [-0.39, 0.29) is 0 Å². The van der Waals surface area contributed by atoms with Gasteiger partial charge in [0, 0.05) is 16.1 Å². The van der Waals surface area contributed by atoms with Gasteiger partial charge in [0.2, 0.25) is 0 Å². The van der Waals surface area contributed by atoms with Gasteiger partial charge in [0.1, 0.15) is 18.8 Å². The van der Waals surface area contributed by atoms with E-state index in [9.17, 15) is 5.11 Å². The number of rotatable bonds is 5. The van der Waals surface area contributed by atoms with Gasteiger partial charge in [-0.3, -0.25) is 0 Å². The molecule has 0 bridgehead atoms. The van der Waals surface area contributed by atoms with Gasteiger partial charge in [-0.25, -0.2) is 0 Å². The number of nitrogens with one attached hydrogen (secondary N) is 1. The van der Waals surface area contributed by atoms with Crippen molar-refractivity contribution in [3.63, 3.8) is 0 Å². The first kappa shape index (κ1) is 13.9. The van der Waals surface area contributed by atoms with Crippen molar-refractivity contribution in [2.45, 2.75) is 20.0 Å². The van der Waals surface area contributed by atoms with Gasteiger partial charge in [-0.05, 0) is 25.1 Å². The highest BCUT2D eigenvalue weighted by atomic mass is 35.5. The Balaban J connectivity index is 2.09. The van der Waals surface area contributed by atoms with Crippen LogP contribution < -0.4 is 4.90 Å². The molecule has 2 aromatic carbocycles. The summed E-state index contributed by atoms with van der Waals surface area (Å²) in [5.74, 6) is 0.323. The van der Waals surface area contributed by atoms with Crippen LogP contribution in [0.25, 0.3) is 0 Å². The molecule has 3 heteroatoms. The third kappa shape index (κ3) is 3.98. The molecule has 0 radical (unpaired) electrons. The van der Waals surface area contributed by atoms with Crippen molar-refractivity contribution in [2.75, 3.05) is 6.54 Å². The largest absolute Gasteiger partial charge is 0.507 e. The van der Waals surface area contributed by atoms with E-state index in [2.05, 4.69) is 31.2 Å². The van der Waals surface area contributed by atoms with Gasteiger partial charge in [-0.1, -0.05) is 41.9 Å². The van der Waals surface area contributed by atoms with Crippen molar-refractivity contribution in [1.29, 1.82) is 0 Å². The van der Waals surface area contributed by atoms with Crippen LogP contribution in [0.4, 0.5) is 0 Å². The number of quaternary nitrogens is 1. The zero-order valence-electron chi connectivity index (χ0n) is 11.1. The second-order valence-corrected chi connectivity index (χ2v) is 5.15. The third-order valence-electron chi connectivity index (χ3n) is 3.28. The normalized spacial score (nSPS) is 12.3.